The molecule has 0 atom stereocenters. The summed E-state index contributed by atoms with van der Waals surface area (Å²) < 4.78 is 82.5. The highest BCUT2D eigenvalue weighted by molar-refractivity contribution is 7.86. The SMILES string of the molecule is COCCNN(c1ccc(C=Cc2ccc(N(NCCOC)c3ncnc(Nc4ccccc4)n3)cc2S(=O)(=O)O)c(S(=O)(=O)O)c1)c1ncnc(Nc2ccccc2)n1. The lowest BCUT2D eigenvalue weighted by Crippen LogP contribution is -2.37. The fourth-order valence-corrected chi connectivity index (χ4v) is 6.92. The molecule has 4 aromatic carbocycles. The van der Waals surface area contributed by atoms with Crippen LogP contribution in [0.25, 0.3) is 12.2 Å². The van der Waals surface area contributed by atoms with Crippen molar-refractivity contribution in [2.45, 2.75) is 9.79 Å². The van der Waals surface area contributed by atoms with E-state index in [0.29, 0.717) is 0 Å². The van der Waals surface area contributed by atoms with E-state index in [-0.39, 0.29) is 72.6 Å². The molecule has 0 saturated carbocycles. The van der Waals surface area contributed by atoms with Gasteiger partial charge in [-0.1, -0.05) is 60.7 Å². The van der Waals surface area contributed by atoms with Crippen molar-refractivity contribution in [2.75, 3.05) is 61.2 Å². The van der Waals surface area contributed by atoms with Crippen LogP contribution in [0, 0.1) is 0 Å². The van der Waals surface area contributed by atoms with Crippen molar-refractivity contribution >= 4 is 78.9 Å². The van der Waals surface area contributed by atoms with Gasteiger partial charge in [0.05, 0.1) is 24.6 Å². The minimum absolute atomic E-state index is 0.0166. The van der Waals surface area contributed by atoms with Gasteiger partial charge in [-0.05, 0) is 59.7 Å². The summed E-state index contributed by atoms with van der Waals surface area (Å²) in [5.74, 6) is 0.557. The molecule has 2 heterocycles. The normalized spacial score (nSPS) is 11.7. The van der Waals surface area contributed by atoms with Crippen molar-refractivity contribution in [3.8, 4) is 0 Å². The molecular weight excluding hydrogens is 817 g/mol. The highest BCUT2D eigenvalue weighted by Gasteiger charge is 2.23. The number of methoxy groups -OCH3 is 2. The largest absolute Gasteiger partial charge is 0.383 e. The van der Waals surface area contributed by atoms with Crippen LogP contribution in [0.4, 0.5) is 46.5 Å². The summed E-state index contributed by atoms with van der Waals surface area (Å²) in [6.07, 6.45) is 5.12. The van der Waals surface area contributed by atoms with Crippen molar-refractivity contribution in [3.05, 3.63) is 121 Å². The number of rotatable bonds is 20. The zero-order chi connectivity index (χ0) is 42.5. The zero-order valence-corrected chi connectivity index (χ0v) is 33.7. The van der Waals surface area contributed by atoms with Crippen LogP contribution in [0.5, 0.6) is 0 Å². The first-order chi connectivity index (χ1) is 28.9. The second-order valence-corrected chi connectivity index (χ2v) is 15.2. The van der Waals surface area contributed by atoms with Gasteiger partial charge < -0.3 is 20.1 Å². The van der Waals surface area contributed by atoms with Crippen LogP contribution in [0.3, 0.4) is 0 Å². The van der Waals surface area contributed by atoms with Crippen molar-refractivity contribution < 1.29 is 35.4 Å². The monoisotopic (exact) mass is 856 g/mol. The van der Waals surface area contributed by atoms with Gasteiger partial charge in [0.15, 0.2) is 0 Å². The quantitative estimate of drug-likeness (QED) is 0.0261. The number of anilines is 8. The average molecular weight is 857 g/mol. The first-order valence-electron chi connectivity index (χ1n) is 17.9. The number of para-hydroxylation sites is 2. The number of nitrogens with one attached hydrogen (secondary N) is 4. The molecule has 0 fully saturated rings. The van der Waals surface area contributed by atoms with E-state index >= 15 is 0 Å². The molecule has 22 heteroatoms. The van der Waals surface area contributed by atoms with E-state index < -0.39 is 30.0 Å². The summed E-state index contributed by atoms with van der Waals surface area (Å²) in [5.41, 5.74) is 7.99. The van der Waals surface area contributed by atoms with Crippen molar-refractivity contribution in [2.24, 2.45) is 0 Å². The molecule has 60 heavy (non-hydrogen) atoms. The Bertz CT molecular complexity index is 2450. The highest BCUT2D eigenvalue weighted by atomic mass is 32.2. The number of aromatic nitrogens is 6. The molecule has 20 nitrogen and oxygen atoms in total. The molecule has 0 saturated heterocycles. The predicted molar refractivity (Wildman–Crippen MR) is 225 cm³/mol. The van der Waals surface area contributed by atoms with Gasteiger partial charge in [-0.2, -0.15) is 36.8 Å². The Morgan fingerprint density at radius 2 is 0.983 bits per heavy atom. The van der Waals surface area contributed by atoms with E-state index in [1.54, 1.807) is 0 Å². The molecule has 0 radical (unpaired) electrons. The van der Waals surface area contributed by atoms with E-state index in [4.69, 9.17) is 9.47 Å². The number of hydrazine groups is 2. The van der Waals surface area contributed by atoms with Crippen LogP contribution in [0.2, 0.25) is 0 Å². The molecule has 0 unspecified atom stereocenters. The second-order valence-electron chi connectivity index (χ2n) is 12.4. The van der Waals surface area contributed by atoms with E-state index in [2.05, 4.69) is 51.4 Å². The third-order valence-corrected chi connectivity index (χ3v) is 10.1. The standard InChI is InChI=1S/C38H40N12O8S2/c1-57-21-19-43-49(37-41-25-39-35(47-37)45-29-9-5-3-6-10-29)31-17-15-27(33(23-31)59(51,52)53)13-14-28-16-18-32(24-34(28)60(54,55)56)50(44-20-22-58-2)38-42-26-40-36(48-38)46-30-11-7-4-8-12-30/h3-18,23-26,43-44H,19-22H2,1-2H3,(H,51,52,53)(H,54,55,56)(H,39,41,45,47)(H,40,42,46,48). The van der Waals surface area contributed by atoms with Crippen LogP contribution < -0.4 is 31.5 Å². The van der Waals surface area contributed by atoms with Crippen LogP contribution in [-0.2, 0) is 29.7 Å². The van der Waals surface area contributed by atoms with Gasteiger partial charge in [0.2, 0.25) is 23.8 Å². The van der Waals surface area contributed by atoms with Gasteiger partial charge in [-0.3, -0.25) is 9.11 Å². The lowest BCUT2D eigenvalue weighted by Gasteiger charge is -2.24. The number of benzene rings is 4. The van der Waals surface area contributed by atoms with E-state index in [1.165, 1.54) is 85.4 Å². The number of ether oxygens (including phenoxy) is 2. The molecule has 0 aliphatic rings. The van der Waals surface area contributed by atoms with E-state index in [1.807, 2.05) is 60.7 Å². The Morgan fingerprint density at radius 1 is 0.583 bits per heavy atom. The zero-order valence-electron chi connectivity index (χ0n) is 32.1. The summed E-state index contributed by atoms with van der Waals surface area (Å²) >= 11 is 0. The first kappa shape index (κ1) is 43.1. The van der Waals surface area contributed by atoms with Crippen LogP contribution in [-0.4, -0.2) is 96.4 Å². The molecule has 0 spiro atoms. The van der Waals surface area contributed by atoms with Crippen molar-refractivity contribution in [1.82, 2.24) is 40.8 Å². The summed E-state index contributed by atoms with van der Waals surface area (Å²) in [7, 11) is -6.74. The van der Waals surface area contributed by atoms with Gasteiger partial charge in [0.25, 0.3) is 20.2 Å². The molecule has 6 rings (SSSR count). The number of nitrogens with zero attached hydrogens (tertiary/aromatic N) is 8. The van der Waals surface area contributed by atoms with Crippen LogP contribution in [0.15, 0.2) is 120 Å². The Balaban J connectivity index is 1.34. The predicted octanol–water partition coefficient (Wildman–Crippen LogP) is 4.79. The first-order valence-corrected chi connectivity index (χ1v) is 20.8. The van der Waals surface area contributed by atoms with Gasteiger partial charge >= 0.3 is 0 Å². The van der Waals surface area contributed by atoms with Crippen LogP contribution >= 0.6 is 0 Å². The summed E-state index contributed by atoms with van der Waals surface area (Å²) in [6, 6.07) is 26.6. The summed E-state index contributed by atoms with van der Waals surface area (Å²) in [4.78, 5) is 24.8. The maximum absolute atomic E-state index is 12.8. The lowest BCUT2D eigenvalue weighted by molar-refractivity contribution is 0.199. The van der Waals surface area contributed by atoms with E-state index in [0.717, 1.165) is 11.4 Å². The maximum atomic E-state index is 12.8. The molecule has 6 aromatic rings. The van der Waals surface area contributed by atoms with Gasteiger partial charge in [-0.25, -0.2) is 30.8 Å². The highest BCUT2D eigenvalue weighted by Crippen LogP contribution is 2.31. The molecular formula is C38H40N12O8S2. The molecule has 0 aliphatic carbocycles. The van der Waals surface area contributed by atoms with Gasteiger partial charge in [-0.15, -0.1) is 0 Å². The molecule has 0 aliphatic heterocycles. The molecule has 0 amide bonds. The molecule has 312 valence electrons. The number of hydrogen-bond donors (Lipinski definition) is 6. The maximum Gasteiger partial charge on any atom is 0.295 e. The summed E-state index contributed by atoms with van der Waals surface area (Å²) in [5, 5.41) is 8.95. The smallest absolute Gasteiger partial charge is 0.295 e. The lowest BCUT2D eigenvalue weighted by atomic mass is 10.1. The Labute approximate surface area is 345 Å². The van der Waals surface area contributed by atoms with Crippen molar-refractivity contribution in [3.63, 3.8) is 0 Å². The van der Waals surface area contributed by atoms with Crippen molar-refractivity contribution in [1.29, 1.82) is 0 Å². The number of hydrogen-bond acceptors (Lipinski definition) is 18. The Kier molecular flexibility index (Phi) is 14.3. The third-order valence-electron chi connectivity index (χ3n) is 8.24. The summed E-state index contributed by atoms with van der Waals surface area (Å²) in [6.45, 7) is 1.03. The van der Waals surface area contributed by atoms with E-state index in [9.17, 15) is 25.9 Å². The van der Waals surface area contributed by atoms with Gasteiger partial charge in [0, 0.05) is 38.7 Å². The fraction of sp³-hybridized carbons (Fsp3) is 0.158. The minimum Gasteiger partial charge on any atom is -0.383 e. The second kappa shape index (κ2) is 20.0. The minimum atomic E-state index is -4.88. The topological polar surface area (TPSA) is 259 Å². The fourth-order valence-electron chi connectivity index (χ4n) is 5.51. The average Bonchev–Trinajstić information content (AvgIpc) is 3.23. The Morgan fingerprint density at radius 3 is 1.35 bits per heavy atom. The van der Waals surface area contributed by atoms with Crippen LogP contribution in [0.1, 0.15) is 11.1 Å². The Hall–Kier alpha value is -6.50. The molecule has 0 bridgehead atoms. The molecule has 6 N–H and O–H groups in total. The third kappa shape index (κ3) is 11.6. The molecule has 2 aromatic heterocycles. The van der Waals surface area contributed by atoms with Gasteiger partial charge in [0.1, 0.15) is 22.4 Å².